The van der Waals surface area contributed by atoms with Crippen molar-refractivity contribution >= 4 is 40.1 Å². The number of aliphatic hydroxyl groups excluding tert-OH is 1. The maximum atomic E-state index is 8.98. The SMILES string of the molecule is Cc1cc2c(Cl)c(OC(=N)CC(N)=Nc3cc(CO)[nH]n3)ccc2[nH]1. The van der Waals surface area contributed by atoms with Gasteiger partial charge in [0.15, 0.2) is 11.7 Å². The molecular weight excluding hydrogens is 344 g/mol. The summed E-state index contributed by atoms with van der Waals surface area (Å²) in [6.07, 6.45) is 0.00183. The lowest BCUT2D eigenvalue weighted by atomic mass is 10.2. The Hall–Kier alpha value is -2.84. The molecule has 0 radical (unpaired) electrons. The highest BCUT2D eigenvalue weighted by molar-refractivity contribution is 6.37. The molecule has 0 aliphatic heterocycles. The average Bonchev–Trinajstić information content (AvgIpc) is 3.16. The number of aliphatic imine (C=N–C) groups is 1. The maximum absolute atomic E-state index is 8.98. The van der Waals surface area contributed by atoms with Crippen LogP contribution in [0.4, 0.5) is 5.82 Å². The minimum atomic E-state index is -0.166. The molecule has 9 heteroatoms. The summed E-state index contributed by atoms with van der Waals surface area (Å²) in [6, 6.07) is 7.02. The topological polar surface area (TPSA) is 136 Å². The number of halogens is 1. The van der Waals surface area contributed by atoms with E-state index >= 15 is 0 Å². The number of benzene rings is 1. The summed E-state index contributed by atoms with van der Waals surface area (Å²) >= 11 is 6.34. The normalized spacial score (nSPS) is 11.9. The molecule has 2 aromatic heterocycles. The minimum Gasteiger partial charge on any atom is -0.442 e. The van der Waals surface area contributed by atoms with E-state index in [1.165, 1.54) is 0 Å². The van der Waals surface area contributed by atoms with Gasteiger partial charge >= 0.3 is 0 Å². The fraction of sp³-hybridized carbons (Fsp3) is 0.188. The van der Waals surface area contributed by atoms with Crippen LogP contribution in [-0.2, 0) is 6.61 Å². The number of ether oxygens (including phenoxy) is 1. The summed E-state index contributed by atoms with van der Waals surface area (Å²) < 4.78 is 5.51. The predicted octanol–water partition coefficient (Wildman–Crippen LogP) is 2.78. The van der Waals surface area contributed by atoms with Crippen LogP contribution in [0.25, 0.3) is 10.9 Å². The van der Waals surface area contributed by atoms with Crippen LogP contribution in [-0.4, -0.2) is 32.0 Å². The summed E-state index contributed by atoms with van der Waals surface area (Å²) in [5.74, 6) is 0.785. The number of rotatable bonds is 5. The molecule has 130 valence electrons. The molecule has 0 saturated carbocycles. The van der Waals surface area contributed by atoms with E-state index in [9.17, 15) is 0 Å². The Morgan fingerprint density at radius 3 is 2.96 bits per heavy atom. The van der Waals surface area contributed by atoms with E-state index in [1.807, 2.05) is 19.1 Å². The van der Waals surface area contributed by atoms with E-state index in [0.717, 1.165) is 16.6 Å². The summed E-state index contributed by atoms with van der Waals surface area (Å²) in [5.41, 5.74) is 8.24. The zero-order valence-electron chi connectivity index (χ0n) is 13.4. The second kappa shape index (κ2) is 6.96. The Balaban J connectivity index is 1.70. The number of aromatic amines is 2. The molecule has 0 unspecified atom stereocenters. The number of hydrogen-bond donors (Lipinski definition) is 5. The van der Waals surface area contributed by atoms with Crippen molar-refractivity contribution < 1.29 is 9.84 Å². The molecule has 3 aromatic rings. The molecule has 25 heavy (non-hydrogen) atoms. The van der Waals surface area contributed by atoms with Crippen LogP contribution >= 0.6 is 11.6 Å². The molecule has 0 fully saturated rings. The number of nitrogens with one attached hydrogen (secondary N) is 3. The van der Waals surface area contributed by atoms with Crippen LogP contribution in [0.15, 0.2) is 29.3 Å². The van der Waals surface area contributed by atoms with E-state index in [1.54, 1.807) is 12.1 Å². The standard InChI is InChI=1S/C16H17ClN6O2/c1-8-4-10-11(20-8)2-3-12(16(10)17)25-14(19)6-13(18)21-15-5-9(7-24)22-23-15/h2-5,19-20,24H,6-7H2,1H3,(H3,18,21,22,23). The summed E-state index contributed by atoms with van der Waals surface area (Å²) in [6.45, 7) is 1.77. The van der Waals surface area contributed by atoms with Crippen molar-refractivity contribution in [3.63, 3.8) is 0 Å². The predicted molar refractivity (Wildman–Crippen MR) is 96.8 cm³/mol. The Bertz CT molecular complexity index is 959. The fourth-order valence-electron chi connectivity index (χ4n) is 2.37. The van der Waals surface area contributed by atoms with Gasteiger partial charge in [-0.1, -0.05) is 11.6 Å². The lowest BCUT2D eigenvalue weighted by Gasteiger charge is -2.09. The van der Waals surface area contributed by atoms with E-state index in [4.69, 9.17) is 32.6 Å². The number of aryl methyl sites for hydroxylation is 1. The van der Waals surface area contributed by atoms with Crippen LogP contribution in [0.1, 0.15) is 17.8 Å². The maximum Gasteiger partial charge on any atom is 0.195 e. The van der Waals surface area contributed by atoms with Gasteiger partial charge < -0.3 is 20.6 Å². The van der Waals surface area contributed by atoms with Gasteiger partial charge in [-0.05, 0) is 25.1 Å². The van der Waals surface area contributed by atoms with E-state index in [0.29, 0.717) is 22.3 Å². The highest BCUT2D eigenvalue weighted by atomic mass is 35.5. The van der Waals surface area contributed by atoms with Crippen LogP contribution in [0.2, 0.25) is 5.02 Å². The van der Waals surface area contributed by atoms with Gasteiger partial charge in [-0.25, -0.2) is 4.99 Å². The first-order chi connectivity index (χ1) is 12.0. The third kappa shape index (κ3) is 3.81. The molecule has 0 spiro atoms. The van der Waals surface area contributed by atoms with E-state index in [-0.39, 0.29) is 24.8 Å². The molecule has 3 rings (SSSR count). The number of aromatic nitrogens is 3. The van der Waals surface area contributed by atoms with Crippen molar-refractivity contribution in [2.24, 2.45) is 10.7 Å². The zero-order valence-corrected chi connectivity index (χ0v) is 14.2. The van der Waals surface area contributed by atoms with E-state index in [2.05, 4.69) is 20.2 Å². The number of nitrogens with two attached hydrogens (primary N) is 1. The van der Waals surface area contributed by atoms with Crippen molar-refractivity contribution in [1.29, 1.82) is 5.41 Å². The Morgan fingerprint density at radius 1 is 1.44 bits per heavy atom. The van der Waals surface area contributed by atoms with Gasteiger partial charge in [-0.15, -0.1) is 0 Å². The molecule has 0 aliphatic rings. The molecule has 0 saturated heterocycles. The zero-order chi connectivity index (χ0) is 18.0. The highest BCUT2D eigenvalue weighted by Crippen LogP contribution is 2.33. The summed E-state index contributed by atoms with van der Waals surface area (Å²) in [4.78, 5) is 7.25. The lowest BCUT2D eigenvalue weighted by Crippen LogP contribution is -2.20. The summed E-state index contributed by atoms with van der Waals surface area (Å²) in [5, 5.41) is 24.7. The monoisotopic (exact) mass is 360 g/mol. The number of hydrogen-bond acceptors (Lipinski definition) is 5. The van der Waals surface area contributed by atoms with Gasteiger partial charge in [0.25, 0.3) is 0 Å². The Kier molecular flexibility index (Phi) is 4.73. The molecule has 0 amide bonds. The highest BCUT2D eigenvalue weighted by Gasteiger charge is 2.12. The molecule has 0 aliphatic carbocycles. The Morgan fingerprint density at radius 2 is 2.24 bits per heavy atom. The largest absolute Gasteiger partial charge is 0.442 e. The smallest absolute Gasteiger partial charge is 0.195 e. The van der Waals surface area contributed by atoms with Crippen molar-refractivity contribution in [3.05, 3.63) is 40.7 Å². The number of H-pyrrole nitrogens is 2. The molecule has 6 N–H and O–H groups in total. The first-order valence-electron chi connectivity index (χ1n) is 7.47. The second-order valence-corrected chi connectivity index (χ2v) is 5.88. The van der Waals surface area contributed by atoms with Gasteiger partial charge in [-0.3, -0.25) is 10.5 Å². The Labute approximate surface area is 148 Å². The molecular formula is C16H17ClN6O2. The van der Waals surface area contributed by atoms with Crippen molar-refractivity contribution in [2.75, 3.05) is 0 Å². The third-order valence-electron chi connectivity index (χ3n) is 3.46. The van der Waals surface area contributed by atoms with Gasteiger partial charge in [-0.2, -0.15) is 5.10 Å². The first kappa shape index (κ1) is 17.0. The fourth-order valence-corrected chi connectivity index (χ4v) is 2.63. The molecule has 1 aromatic carbocycles. The molecule has 0 atom stereocenters. The summed E-state index contributed by atoms with van der Waals surface area (Å²) in [7, 11) is 0. The van der Waals surface area contributed by atoms with Crippen LogP contribution in [0.3, 0.4) is 0 Å². The van der Waals surface area contributed by atoms with Gasteiger partial charge in [0.2, 0.25) is 0 Å². The van der Waals surface area contributed by atoms with Gasteiger partial charge in [0.05, 0.1) is 23.7 Å². The van der Waals surface area contributed by atoms with E-state index < -0.39 is 0 Å². The van der Waals surface area contributed by atoms with Crippen LogP contribution < -0.4 is 10.5 Å². The number of amidine groups is 1. The minimum absolute atomic E-state index is 0.00183. The van der Waals surface area contributed by atoms with Crippen molar-refractivity contribution in [1.82, 2.24) is 15.2 Å². The number of aliphatic hydroxyl groups is 1. The van der Waals surface area contributed by atoms with Crippen molar-refractivity contribution in [3.8, 4) is 5.75 Å². The average molecular weight is 361 g/mol. The van der Waals surface area contributed by atoms with Gasteiger partial charge in [0, 0.05) is 22.7 Å². The second-order valence-electron chi connectivity index (χ2n) is 5.51. The first-order valence-corrected chi connectivity index (χ1v) is 7.85. The molecule has 8 nitrogen and oxygen atoms in total. The lowest BCUT2D eigenvalue weighted by molar-refractivity contribution is 0.276. The molecule has 0 bridgehead atoms. The number of nitrogens with zero attached hydrogens (tertiary/aromatic N) is 2. The third-order valence-corrected chi connectivity index (χ3v) is 3.85. The van der Waals surface area contributed by atoms with Gasteiger partial charge in [0.1, 0.15) is 11.6 Å². The van der Waals surface area contributed by atoms with Crippen LogP contribution in [0.5, 0.6) is 5.75 Å². The number of fused-ring (bicyclic) bond motifs is 1. The molecule has 2 heterocycles. The quantitative estimate of drug-likeness (QED) is 0.353. The van der Waals surface area contributed by atoms with Crippen molar-refractivity contribution in [2.45, 2.75) is 20.0 Å². The van der Waals surface area contributed by atoms with Crippen LogP contribution in [0, 0.1) is 12.3 Å².